The molecule has 0 aliphatic rings. The first-order valence-electron chi connectivity index (χ1n) is 7.36. The number of fused-ring (bicyclic) bond motifs is 1. The smallest absolute Gasteiger partial charge is 0.268 e. The van der Waals surface area contributed by atoms with Crippen LogP contribution < -0.4 is 5.32 Å². The van der Waals surface area contributed by atoms with Crippen LogP contribution in [0.3, 0.4) is 0 Å². The average molecular weight is 297 g/mol. The van der Waals surface area contributed by atoms with Gasteiger partial charge in [0.05, 0.1) is 18.8 Å². The van der Waals surface area contributed by atoms with Crippen molar-refractivity contribution in [3.8, 4) is 0 Å². The molecule has 3 rings (SSSR count). The van der Waals surface area contributed by atoms with Gasteiger partial charge in [-0.05, 0) is 18.1 Å². The van der Waals surface area contributed by atoms with Crippen molar-refractivity contribution < 1.29 is 4.79 Å². The molecular weight excluding hydrogens is 278 g/mol. The molecule has 0 radical (unpaired) electrons. The van der Waals surface area contributed by atoms with Crippen molar-refractivity contribution >= 4 is 16.8 Å². The largest absolute Gasteiger partial charge is 0.351 e. The number of carbonyl (C=O) groups is 1. The van der Waals surface area contributed by atoms with E-state index in [1.807, 2.05) is 30.3 Å². The summed E-state index contributed by atoms with van der Waals surface area (Å²) in [5.41, 5.74) is 1.54. The van der Waals surface area contributed by atoms with Gasteiger partial charge in [-0.2, -0.15) is 0 Å². The van der Waals surface area contributed by atoms with E-state index in [1.165, 1.54) is 0 Å². The highest BCUT2D eigenvalue weighted by Crippen LogP contribution is 2.15. The lowest BCUT2D eigenvalue weighted by molar-refractivity contribution is 0.0915. The Bertz CT molecular complexity index is 727. The van der Waals surface area contributed by atoms with Gasteiger partial charge in [0.1, 0.15) is 5.69 Å². The number of hydrogen-bond acceptors (Lipinski definition) is 3. The fourth-order valence-electron chi connectivity index (χ4n) is 2.40. The minimum absolute atomic E-state index is 0.0133. The van der Waals surface area contributed by atoms with E-state index >= 15 is 0 Å². The monoisotopic (exact) mass is 297 g/mol. The molecule has 0 fully saturated rings. The van der Waals surface area contributed by atoms with Crippen LogP contribution in [0.2, 0.25) is 0 Å². The molecule has 6 nitrogen and oxygen atoms in total. The molecule has 6 heteroatoms. The second kappa shape index (κ2) is 6.01. The SMILES string of the molecule is CC(C)[C@H](Cn1ccnn1)NC(=O)c1cc2ccccc2[nH]1. The first kappa shape index (κ1) is 14.3. The normalized spacial score (nSPS) is 12.7. The maximum Gasteiger partial charge on any atom is 0.268 e. The number of aromatic nitrogens is 4. The highest BCUT2D eigenvalue weighted by molar-refractivity contribution is 5.98. The van der Waals surface area contributed by atoms with Crippen LogP contribution in [0.4, 0.5) is 0 Å². The van der Waals surface area contributed by atoms with E-state index < -0.39 is 0 Å². The molecule has 1 atom stereocenters. The van der Waals surface area contributed by atoms with Crippen LogP contribution in [0.15, 0.2) is 42.7 Å². The number of aromatic amines is 1. The molecule has 0 saturated carbocycles. The molecule has 1 amide bonds. The molecule has 114 valence electrons. The topological polar surface area (TPSA) is 75.6 Å². The van der Waals surface area contributed by atoms with E-state index in [2.05, 4.69) is 34.5 Å². The van der Waals surface area contributed by atoms with Crippen LogP contribution in [0, 0.1) is 5.92 Å². The average Bonchev–Trinajstić information content (AvgIpc) is 3.15. The number of H-pyrrole nitrogens is 1. The van der Waals surface area contributed by atoms with Crippen LogP contribution in [-0.2, 0) is 6.54 Å². The van der Waals surface area contributed by atoms with E-state index in [-0.39, 0.29) is 17.9 Å². The lowest BCUT2D eigenvalue weighted by Crippen LogP contribution is -2.41. The summed E-state index contributed by atoms with van der Waals surface area (Å²) in [5.74, 6) is 0.188. The van der Waals surface area contributed by atoms with Crippen molar-refractivity contribution in [1.29, 1.82) is 0 Å². The standard InChI is InChI=1S/C16H19N5O/c1-11(2)15(10-21-8-7-17-20-21)19-16(22)14-9-12-5-3-4-6-13(12)18-14/h3-9,11,15,18H,10H2,1-2H3,(H,19,22)/t15-/m0/s1. The third-order valence-corrected chi connectivity index (χ3v) is 3.75. The van der Waals surface area contributed by atoms with E-state index in [9.17, 15) is 4.79 Å². The molecule has 0 saturated heterocycles. The molecule has 2 heterocycles. The second-order valence-electron chi connectivity index (χ2n) is 5.72. The fraction of sp³-hybridized carbons (Fsp3) is 0.312. The van der Waals surface area contributed by atoms with Crippen molar-refractivity contribution in [2.24, 2.45) is 5.92 Å². The van der Waals surface area contributed by atoms with Gasteiger partial charge in [0.2, 0.25) is 0 Å². The molecule has 22 heavy (non-hydrogen) atoms. The predicted molar refractivity (Wildman–Crippen MR) is 84.4 cm³/mol. The molecule has 1 aromatic carbocycles. The highest BCUT2D eigenvalue weighted by Gasteiger charge is 2.19. The van der Waals surface area contributed by atoms with Crippen molar-refractivity contribution in [2.45, 2.75) is 26.4 Å². The number of rotatable bonds is 5. The summed E-state index contributed by atoms with van der Waals surface area (Å²) in [4.78, 5) is 15.6. The summed E-state index contributed by atoms with van der Waals surface area (Å²) in [5, 5.41) is 11.9. The first-order valence-corrected chi connectivity index (χ1v) is 7.36. The summed E-state index contributed by atoms with van der Waals surface area (Å²) in [7, 11) is 0. The lowest BCUT2D eigenvalue weighted by atomic mass is 10.0. The highest BCUT2D eigenvalue weighted by atomic mass is 16.2. The van der Waals surface area contributed by atoms with Crippen molar-refractivity contribution in [2.75, 3.05) is 0 Å². The van der Waals surface area contributed by atoms with Gasteiger partial charge < -0.3 is 10.3 Å². The molecule has 0 aliphatic carbocycles. The Labute approximate surface area is 128 Å². The number of benzene rings is 1. The van der Waals surface area contributed by atoms with E-state index in [0.29, 0.717) is 12.2 Å². The zero-order valence-electron chi connectivity index (χ0n) is 12.7. The number of para-hydroxylation sites is 1. The Kier molecular flexibility index (Phi) is 3.91. The van der Waals surface area contributed by atoms with Gasteiger partial charge in [-0.15, -0.1) is 5.10 Å². The Morgan fingerprint density at radius 1 is 1.36 bits per heavy atom. The van der Waals surface area contributed by atoms with Crippen LogP contribution in [0.25, 0.3) is 10.9 Å². The summed E-state index contributed by atoms with van der Waals surface area (Å²) >= 11 is 0. The zero-order valence-corrected chi connectivity index (χ0v) is 12.7. The molecular formula is C16H19N5O. The number of amides is 1. The van der Waals surface area contributed by atoms with Crippen LogP contribution >= 0.6 is 0 Å². The van der Waals surface area contributed by atoms with Gasteiger partial charge in [-0.25, -0.2) is 0 Å². The summed E-state index contributed by atoms with van der Waals surface area (Å²) in [6.45, 7) is 4.75. The minimum atomic E-state index is -0.102. The maximum absolute atomic E-state index is 12.5. The van der Waals surface area contributed by atoms with Crippen LogP contribution in [-0.4, -0.2) is 31.9 Å². The van der Waals surface area contributed by atoms with Gasteiger partial charge in [-0.1, -0.05) is 37.3 Å². The maximum atomic E-state index is 12.5. The number of nitrogens with zero attached hydrogens (tertiary/aromatic N) is 3. The third-order valence-electron chi connectivity index (χ3n) is 3.75. The molecule has 2 aromatic heterocycles. The zero-order chi connectivity index (χ0) is 15.5. The first-order chi connectivity index (χ1) is 10.6. The molecule has 0 spiro atoms. The molecule has 0 unspecified atom stereocenters. The third kappa shape index (κ3) is 3.00. The quantitative estimate of drug-likeness (QED) is 0.758. The van der Waals surface area contributed by atoms with Gasteiger partial charge >= 0.3 is 0 Å². The van der Waals surface area contributed by atoms with Crippen LogP contribution in [0.5, 0.6) is 0 Å². The van der Waals surface area contributed by atoms with Gasteiger partial charge in [0.15, 0.2) is 0 Å². The molecule has 0 aliphatic heterocycles. The van der Waals surface area contributed by atoms with E-state index in [4.69, 9.17) is 0 Å². The summed E-state index contributed by atoms with van der Waals surface area (Å²) < 4.78 is 1.73. The fourth-order valence-corrected chi connectivity index (χ4v) is 2.40. The summed E-state index contributed by atoms with van der Waals surface area (Å²) in [6, 6.07) is 9.71. The van der Waals surface area contributed by atoms with Crippen molar-refractivity contribution in [3.63, 3.8) is 0 Å². The van der Waals surface area contributed by atoms with Gasteiger partial charge in [0, 0.05) is 17.1 Å². The Balaban J connectivity index is 1.75. The van der Waals surface area contributed by atoms with Crippen LogP contribution in [0.1, 0.15) is 24.3 Å². The summed E-state index contributed by atoms with van der Waals surface area (Å²) in [6.07, 6.45) is 3.43. The Morgan fingerprint density at radius 3 is 2.86 bits per heavy atom. The Hall–Kier alpha value is -2.63. The molecule has 0 bridgehead atoms. The molecule has 3 aromatic rings. The van der Waals surface area contributed by atoms with Gasteiger partial charge in [-0.3, -0.25) is 9.48 Å². The number of nitrogens with one attached hydrogen (secondary N) is 2. The van der Waals surface area contributed by atoms with E-state index in [1.54, 1.807) is 17.1 Å². The predicted octanol–water partition coefficient (Wildman–Crippen LogP) is 2.21. The Morgan fingerprint density at radius 2 is 2.18 bits per heavy atom. The minimum Gasteiger partial charge on any atom is -0.351 e. The van der Waals surface area contributed by atoms with E-state index in [0.717, 1.165) is 10.9 Å². The number of hydrogen-bond donors (Lipinski definition) is 2. The second-order valence-corrected chi connectivity index (χ2v) is 5.72. The van der Waals surface area contributed by atoms with Crippen molar-refractivity contribution in [1.82, 2.24) is 25.3 Å². The molecule has 2 N–H and O–H groups in total. The van der Waals surface area contributed by atoms with Gasteiger partial charge in [0.25, 0.3) is 5.91 Å². The lowest BCUT2D eigenvalue weighted by Gasteiger charge is -2.21. The van der Waals surface area contributed by atoms with Crippen molar-refractivity contribution in [3.05, 3.63) is 48.4 Å². The number of carbonyl (C=O) groups excluding carboxylic acids is 1.